The van der Waals surface area contributed by atoms with Crippen LogP contribution in [-0.4, -0.2) is 11.5 Å². The molecule has 96 valence electrons. The van der Waals surface area contributed by atoms with Crippen LogP contribution in [0.5, 0.6) is 0 Å². The number of benzene rings is 1. The highest BCUT2D eigenvalue weighted by Crippen LogP contribution is 2.25. The summed E-state index contributed by atoms with van der Waals surface area (Å²) in [4.78, 5) is 4.14. The van der Waals surface area contributed by atoms with Crippen molar-refractivity contribution in [2.45, 2.75) is 20.4 Å². The van der Waals surface area contributed by atoms with Crippen molar-refractivity contribution in [3.8, 4) is 17.2 Å². The van der Waals surface area contributed by atoms with E-state index in [1.807, 2.05) is 12.3 Å². The van der Waals surface area contributed by atoms with Gasteiger partial charge in [0.15, 0.2) is 0 Å². The van der Waals surface area contributed by atoms with Gasteiger partial charge in [0.1, 0.15) is 6.07 Å². The third-order valence-corrected chi connectivity index (χ3v) is 3.01. The zero-order valence-corrected chi connectivity index (χ0v) is 11.3. The molecule has 0 aliphatic rings. The summed E-state index contributed by atoms with van der Waals surface area (Å²) in [7, 11) is 0. The van der Waals surface area contributed by atoms with E-state index in [0.717, 1.165) is 24.2 Å². The van der Waals surface area contributed by atoms with Crippen LogP contribution in [0.3, 0.4) is 0 Å². The molecule has 0 amide bonds. The Kier molecular flexibility index (Phi) is 4.27. The first kappa shape index (κ1) is 13.3. The average molecular weight is 251 g/mol. The van der Waals surface area contributed by atoms with E-state index < -0.39 is 0 Å². The molecule has 0 aliphatic heterocycles. The first-order chi connectivity index (χ1) is 9.24. The molecule has 3 nitrogen and oxygen atoms in total. The second-order valence-electron chi connectivity index (χ2n) is 4.52. The maximum absolute atomic E-state index is 8.97. The highest BCUT2D eigenvalue weighted by molar-refractivity contribution is 5.68. The molecular weight excluding hydrogens is 234 g/mol. The molecular formula is C16H17N3. The number of nitriles is 1. The Balaban J connectivity index is 2.47. The number of hydrogen-bond acceptors (Lipinski definition) is 3. The van der Waals surface area contributed by atoms with Crippen molar-refractivity contribution in [2.24, 2.45) is 0 Å². The monoisotopic (exact) mass is 251 g/mol. The highest BCUT2D eigenvalue weighted by atomic mass is 14.8. The maximum atomic E-state index is 8.97. The molecule has 0 unspecified atom stereocenters. The lowest BCUT2D eigenvalue weighted by Gasteiger charge is -2.11. The molecule has 0 fully saturated rings. The minimum absolute atomic E-state index is 0.591. The summed E-state index contributed by atoms with van der Waals surface area (Å²) < 4.78 is 0. The summed E-state index contributed by atoms with van der Waals surface area (Å²) in [6, 6.07) is 10.4. The van der Waals surface area contributed by atoms with Crippen molar-refractivity contribution in [1.82, 2.24) is 10.3 Å². The Labute approximate surface area is 113 Å². The zero-order chi connectivity index (χ0) is 13.7. The van der Waals surface area contributed by atoms with Gasteiger partial charge in [-0.25, -0.2) is 0 Å². The fourth-order valence-corrected chi connectivity index (χ4v) is 2.02. The fourth-order valence-electron chi connectivity index (χ4n) is 2.02. The number of pyridine rings is 1. The van der Waals surface area contributed by atoms with E-state index in [1.165, 1.54) is 11.1 Å². The number of aryl methyl sites for hydroxylation is 1. The molecule has 19 heavy (non-hydrogen) atoms. The lowest BCUT2D eigenvalue weighted by atomic mass is 9.98. The second-order valence-corrected chi connectivity index (χ2v) is 4.52. The van der Waals surface area contributed by atoms with Crippen LogP contribution in [0.15, 0.2) is 36.7 Å². The summed E-state index contributed by atoms with van der Waals surface area (Å²) in [5.41, 5.74) is 5.16. The smallest absolute Gasteiger partial charge is 0.101 e. The molecule has 0 bridgehead atoms. The quantitative estimate of drug-likeness (QED) is 0.908. The third-order valence-electron chi connectivity index (χ3n) is 3.01. The van der Waals surface area contributed by atoms with Gasteiger partial charge in [-0.05, 0) is 30.7 Å². The lowest BCUT2D eigenvalue weighted by Crippen LogP contribution is -2.12. The van der Waals surface area contributed by atoms with Gasteiger partial charge < -0.3 is 5.32 Å². The van der Waals surface area contributed by atoms with Crippen molar-refractivity contribution >= 4 is 0 Å². The van der Waals surface area contributed by atoms with E-state index in [9.17, 15) is 0 Å². The summed E-state index contributed by atoms with van der Waals surface area (Å²) in [5.74, 6) is 0. The number of hydrogen-bond donors (Lipinski definition) is 1. The summed E-state index contributed by atoms with van der Waals surface area (Å²) in [5, 5.41) is 12.3. The Hall–Kier alpha value is -2.18. The Bertz CT molecular complexity index is 612. The standard InChI is InChI=1S/C16H17N3/c1-3-18-10-14-5-4-12(2)6-16(14)15-7-13(8-17)9-19-11-15/h4-7,9,11,18H,3,10H2,1-2H3. The van der Waals surface area contributed by atoms with Crippen LogP contribution in [-0.2, 0) is 6.54 Å². The molecule has 1 N–H and O–H groups in total. The van der Waals surface area contributed by atoms with Gasteiger partial charge in [0, 0.05) is 24.5 Å². The first-order valence-corrected chi connectivity index (χ1v) is 6.40. The SMILES string of the molecule is CCNCc1ccc(C)cc1-c1cncc(C#N)c1. The summed E-state index contributed by atoms with van der Waals surface area (Å²) in [6.45, 7) is 5.92. The fraction of sp³-hybridized carbons (Fsp3) is 0.250. The second kappa shape index (κ2) is 6.12. The van der Waals surface area contributed by atoms with E-state index in [0.29, 0.717) is 5.56 Å². The molecule has 0 atom stereocenters. The number of nitrogens with zero attached hydrogens (tertiary/aromatic N) is 2. The van der Waals surface area contributed by atoms with Crippen LogP contribution in [0.1, 0.15) is 23.6 Å². The zero-order valence-electron chi connectivity index (χ0n) is 11.3. The summed E-state index contributed by atoms with van der Waals surface area (Å²) >= 11 is 0. The Morgan fingerprint density at radius 3 is 2.84 bits per heavy atom. The largest absolute Gasteiger partial charge is 0.313 e. The van der Waals surface area contributed by atoms with Gasteiger partial charge in [-0.2, -0.15) is 5.26 Å². The minimum atomic E-state index is 0.591. The normalized spacial score (nSPS) is 10.2. The van der Waals surface area contributed by atoms with Gasteiger partial charge in [0.25, 0.3) is 0 Å². The maximum Gasteiger partial charge on any atom is 0.101 e. The van der Waals surface area contributed by atoms with Gasteiger partial charge in [-0.15, -0.1) is 0 Å². The van der Waals surface area contributed by atoms with Crippen LogP contribution >= 0.6 is 0 Å². The molecule has 0 saturated carbocycles. The molecule has 0 spiro atoms. The number of rotatable bonds is 4. The highest BCUT2D eigenvalue weighted by Gasteiger charge is 2.06. The van der Waals surface area contributed by atoms with E-state index >= 15 is 0 Å². The van der Waals surface area contributed by atoms with Crippen molar-refractivity contribution in [2.75, 3.05) is 6.54 Å². The van der Waals surface area contributed by atoms with Crippen molar-refractivity contribution in [3.63, 3.8) is 0 Å². The molecule has 1 aromatic carbocycles. The minimum Gasteiger partial charge on any atom is -0.313 e. The molecule has 0 aliphatic carbocycles. The first-order valence-electron chi connectivity index (χ1n) is 6.40. The molecule has 1 aromatic heterocycles. The van der Waals surface area contributed by atoms with Crippen LogP contribution in [0, 0.1) is 18.3 Å². The molecule has 0 saturated heterocycles. The molecule has 2 rings (SSSR count). The predicted octanol–water partition coefficient (Wildman–Crippen LogP) is 3.04. The van der Waals surface area contributed by atoms with E-state index in [4.69, 9.17) is 5.26 Å². The predicted molar refractivity (Wildman–Crippen MR) is 76.5 cm³/mol. The van der Waals surface area contributed by atoms with Crippen LogP contribution in [0.4, 0.5) is 0 Å². The Morgan fingerprint density at radius 2 is 2.11 bits per heavy atom. The van der Waals surface area contributed by atoms with Gasteiger partial charge in [0.05, 0.1) is 5.56 Å². The lowest BCUT2D eigenvalue weighted by molar-refractivity contribution is 0.728. The van der Waals surface area contributed by atoms with Crippen LogP contribution in [0.2, 0.25) is 0 Å². The van der Waals surface area contributed by atoms with Gasteiger partial charge in [-0.3, -0.25) is 4.98 Å². The average Bonchev–Trinajstić information content (AvgIpc) is 2.46. The van der Waals surface area contributed by atoms with E-state index in [2.05, 4.69) is 48.4 Å². The number of nitrogens with one attached hydrogen (secondary N) is 1. The molecule has 0 radical (unpaired) electrons. The number of aromatic nitrogens is 1. The summed E-state index contributed by atoms with van der Waals surface area (Å²) in [6.07, 6.45) is 3.40. The van der Waals surface area contributed by atoms with Gasteiger partial charge in [0.2, 0.25) is 0 Å². The third kappa shape index (κ3) is 3.18. The van der Waals surface area contributed by atoms with E-state index in [1.54, 1.807) is 6.20 Å². The molecule has 1 heterocycles. The van der Waals surface area contributed by atoms with Crippen molar-refractivity contribution in [1.29, 1.82) is 5.26 Å². The Morgan fingerprint density at radius 1 is 1.26 bits per heavy atom. The molecule has 3 heteroatoms. The van der Waals surface area contributed by atoms with Crippen molar-refractivity contribution in [3.05, 3.63) is 53.3 Å². The van der Waals surface area contributed by atoms with Crippen molar-refractivity contribution < 1.29 is 0 Å². The van der Waals surface area contributed by atoms with Gasteiger partial charge >= 0.3 is 0 Å². The topological polar surface area (TPSA) is 48.7 Å². The van der Waals surface area contributed by atoms with Crippen LogP contribution < -0.4 is 5.32 Å². The molecule has 2 aromatic rings. The van der Waals surface area contributed by atoms with E-state index in [-0.39, 0.29) is 0 Å². The van der Waals surface area contributed by atoms with Crippen LogP contribution in [0.25, 0.3) is 11.1 Å². The van der Waals surface area contributed by atoms with Gasteiger partial charge in [-0.1, -0.05) is 30.7 Å².